The molecule has 0 bridgehead atoms. The Bertz CT molecular complexity index is 767. The Balaban J connectivity index is 2.41. The van der Waals surface area contributed by atoms with Crippen LogP contribution in [0.25, 0.3) is 0 Å². The first-order valence-corrected chi connectivity index (χ1v) is 11.0. The molecule has 0 radical (unpaired) electrons. The zero-order valence-electron chi connectivity index (χ0n) is 16.1. The van der Waals surface area contributed by atoms with Gasteiger partial charge in [0.1, 0.15) is 11.5 Å². The molecule has 0 heterocycles. The van der Waals surface area contributed by atoms with E-state index in [9.17, 15) is 0 Å². The molecule has 2 rings (SSSR count). The topological polar surface area (TPSA) is 27.7 Å². The fourth-order valence-corrected chi connectivity index (χ4v) is 4.78. The second kappa shape index (κ2) is 7.90. The summed E-state index contributed by atoms with van der Waals surface area (Å²) in [5.41, 5.74) is 6.68. The maximum Gasteiger partial charge on any atom is 0.434 e. The summed E-state index contributed by atoms with van der Waals surface area (Å²) in [7, 11) is 0. The fraction of sp³-hybridized carbons (Fsp3) is 0.400. The lowest BCUT2D eigenvalue weighted by molar-refractivity contribution is 0.275. The van der Waals surface area contributed by atoms with Crippen LogP contribution in [0, 0.1) is 41.5 Å². The summed E-state index contributed by atoms with van der Waals surface area (Å²) in [4.78, 5) is 0. The summed E-state index contributed by atoms with van der Waals surface area (Å²) in [6.45, 7) is 11.6. The third-order valence-electron chi connectivity index (χ3n) is 4.24. The van der Waals surface area contributed by atoms with Crippen molar-refractivity contribution in [3.63, 3.8) is 0 Å². The Morgan fingerprint density at radius 1 is 0.760 bits per heavy atom. The van der Waals surface area contributed by atoms with E-state index in [2.05, 4.69) is 26.0 Å². The minimum Gasteiger partial charge on any atom is -0.415 e. The molecule has 2 aromatic rings. The molecule has 0 aromatic heterocycles. The molecule has 0 saturated carbocycles. The lowest BCUT2D eigenvalue weighted by Gasteiger charge is -2.25. The zero-order chi connectivity index (χ0) is 18.8. The Kier molecular flexibility index (Phi) is 6.31. The van der Waals surface area contributed by atoms with Gasteiger partial charge in [0, 0.05) is 11.8 Å². The molecule has 0 aliphatic rings. The molecule has 3 nitrogen and oxygen atoms in total. The molecule has 0 fully saturated rings. The Morgan fingerprint density at radius 3 is 1.52 bits per heavy atom. The largest absolute Gasteiger partial charge is 0.434 e. The molecular weight excluding hydrogens is 351 g/mol. The van der Waals surface area contributed by atoms with E-state index < -0.39 is 6.72 Å². The van der Waals surface area contributed by atoms with Gasteiger partial charge < -0.3 is 9.05 Å². The van der Waals surface area contributed by atoms with Gasteiger partial charge in [-0.3, -0.25) is 4.52 Å². The summed E-state index contributed by atoms with van der Waals surface area (Å²) in [6.07, 6.45) is 0. The van der Waals surface area contributed by atoms with E-state index in [4.69, 9.17) is 25.4 Å². The molecule has 0 N–H and O–H groups in total. The predicted octanol–water partition coefficient (Wildman–Crippen LogP) is 6.26. The number of rotatable bonds is 6. The maximum absolute atomic E-state index is 6.15. The van der Waals surface area contributed by atoms with Gasteiger partial charge >= 0.3 is 6.72 Å². The van der Waals surface area contributed by atoms with E-state index in [-0.39, 0.29) is 0 Å². The quantitative estimate of drug-likeness (QED) is 0.555. The van der Waals surface area contributed by atoms with Crippen LogP contribution in [0.15, 0.2) is 24.3 Å². The van der Waals surface area contributed by atoms with Gasteiger partial charge in [0.25, 0.3) is 0 Å². The van der Waals surface area contributed by atoms with E-state index in [0.717, 1.165) is 44.9 Å². The molecule has 136 valence electrons. The molecule has 0 aliphatic heterocycles. The van der Waals surface area contributed by atoms with Gasteiger partial charge in [0.2, 0.25) is 0 Å². The summed E-state index contributed by atoms with van der Waals surface area (Å²) >= 11 is 5.70. The van der Waals surface area contributed by atoms with Crippen LogP contribution in [-0.2, 0) is 16.3 Å². The van der Waals surface area contributed by atoms with Crippen molar-refractivity contribution < 1.29 is 13.6 Å². The summed E-state index contributed by atoms with van der Waals surface area (Å²) < 4.78 is 18.1. The first kappa shape index (κ1) is 20.0. The SMILES string of the molecule is CCOP(=S)(Oc1cc(C)cc(C)c1C)Oc1cc(C)cc(C)c1C. The highest BCUT2D eigenvalue weighted by molar-refractivity contribution is 8.07. The highest BCUT2D eigenvalue weighted by Crippen LogP contribution is 2.51. The van der Waals surface area contributed by atoms with Crippen LogP contribution < -0.4 is 9.05 Å². The number of benzene rings is 2. The van der Waals surface area contributed by atoms with Crippen molar-refractivity contribution in [2.45, 2.75) is 48.5 Å². The van der Waals surface area contributed by atoms with Crippen molar-refractivity contribution >= 4 is 18.5 Å². The van der Waals surface area contributed by atoms with Crippen LogP contribution >= 0.6 is 6.72 Å². The Hall–Kier alpha value is -1.35. The molecule has 0 saturated heterocycles. The van der Waals surface area contributed by atoms with Gasteiger partial charge in [-0.15, -0.1) is 0 Å². The summed E-state index contributed by atoms with van der Waals surface area (Å²) in [5, 5.41) is 0. The van der Waals surface area contributed by atoms with E-state index in [0.29, 0.717) is 6.61 Å². The van der Waals surface area contributed by atoms with Crippen LogP contribution in [0.1, 0.15) is 40.3 Å². The van der Waals surface area contributed by atoms with Crippen molar-refractivity contribution in [2.75, 3.05) is 6.61 Å². The number of aryl methyl sites for hydroxylation is 4. The van der Waals surface area contributed by atoms with E-state index in [1.54, 1.807) is 0 Å². The molecule has 0 atom stereocenters. The third kappa shape index (κ3) is 4.84. The predicted molar refractivity (Wildman–Crippen MR) is 108 cm³/mol. The molecule has 0 aliphatic carbocycles. The monoisotopic (exact) mass is 378 g/mol. The summed E-state index contributed by atoms with van der Waals surface area (Å²) in [5.74, 6) is 1.47. The van der Waals surface area contributed by atoms with Gasteiger partial charge in [0.05, 0.1) is 6.61 Å². The normalized spacial score (nSPS) is 11.5. The highest BCUT2D eigenvalue weighted by atomic mass is 32.5. The van der Waals surface area contributed by atoms with Crippen molar-refractivity contribution in [3.05, 3.63) is 57.6 Å². The van der Waals surface area contributed by atoms with Crippen LogP contribution in [0.3, 0.4) is 0 Å². The van der Waals surface area contributed by atoms with Gasteiger partial charge in [-0.2, -0.15) is 0 Å². The maximum atomic E-state index is 6.15. The van der Waals surface area contributed by atoms with Crippen LogP contribution in [0.5, 0.6) is 11.5 Å². The molecule has 0 unspecified atom stereocenters. The first-order chi connectivity index (χ1) is 11.6. The Morgan fingerprint density at radius 2 is 1.16 bits per heavy atom. The average Bonchev–Trinajstić information content (AvgIpc) is 2.49. The summed E-state index contributed by atoms with van der Waals surface area (Å²) in [6, 6.07) is 8.23. The molecule has 25 heavy (non-hydrogen) atoms. The standard InChI is InChI=1S/C20H27O3PS/c1-8-21-24(25,22-19-11-13(2)9-15(4)17(19)6)23-20-12-14(3)10-16(5)18(20)7/h9-12H,8H2,1-7H3. The molecular formula is C20H27O3PS. The first-order valence-electron chi connectivity index (χ1n) is 8.44. The van der Waals surface area contributed by atoms with Crippen molar-refractivity contribution in [1.29, 1.82) is 0 Å². The number of hydrogen-bond acceptors (Lipinski definition) is 4. The van der Waals surface area contributed by atoms with E-state index >= 15 is 0 Å². The molecule has 0 amide bonds. The van der Waals surface area contributed by atoms with Crippen molar-refractivity contribution in [2.24, 2.45) is 0 Å². The molecule has 2 aromatic carbocycles. The fourth-order valence-electron chi connectivity index (χ4n) is 2.66. The Labute approximate surface area is 156 Å². The van der Waals surface area contributed by atoms with Gasteiger partial charge in [-0.1, -0.05) is 12.1 Å². The smallest absolute Gasteiger partial charge is 0.415 e. The van der Waals surface area contributed by atoms with Gasteiger partial charge in [0.15, 0.2) is 0 Å². The van der Waals surface area contributed by atoms with Gasteiger partial charge in [-0.05, 0) is 94.0 Å². The molecule has 0 spiro atoms. The van der Waals surface area contributed by atoms with Gasteiger partial charge in [-0.25, -0.2) is 0 Å². The number of hydrogen-bond donors (Lipinski definition) is 0. The van der Waals surface area contributed by atoms with E-state index in [1.807, 2.05) is 46.8 Å². The van der Waals surface area contributed by atoms with Crippen molar-refractivity contribution in [1.82, 2.24) is 0 Å². The third-order valence-corrected chi connectivity index (χ3v) is 6.41. The lowest BCUT2D eigenvalue weighted by atomic mass is 10.1. The lowest BCUT2D eigenvalue weighted by Crippen LogP contribution is -2.07. The minimum absolute atomic E-state index is 0.435. The molecule has 5 heteroatoms. The van der Waals surface area contributed by atoms with E-state index in [1.165, 1.54) is 0 Å². The second-order valence-corrected chi connectivity index (χ2v) is 9.32. The van der Waals surface area contributed by atoms with Crippen LogP contribution in [0.4, 0.5) is 0 Å². The van der Waals surface area contributed by atoms with Crippen LogP contribution in [0.2, 0.25) is 0 Å². The van der Waals surface area contributed by atoms with Crippen LogP contribution in [-0.4, -0.2) is 6.61 Å². The average molecular weight is 378 g/mol. The minimum atomic E-state index is -2.96. The van der Waals surface area contributed by atoms with Crippen molar-refractivity contribution in [3.8, 4) is 11.5 Å². The highest BCUT2D eigenvalue weighted by Gasteiger charge is 2.26. The zero-order valence-corrected chi connectivity index (χ0v) is 17.8. The second-order valence-electron chi connectivity index (χ2n) is 6.46.